The van der Waals surface area contributed by atoms with Crippen LogP contribution in [0.2, 0.25) is 5.02 Å². The number of ketones is 1. The molecule has 0 aliphatic carbocycles. The van der Waals surface area contributed by atoms with E-state index in [4.69, 9.17) is 21.1 Å². The third-order valence-corrected chi connectivity index (χ3v) is 5.98. The third-order valence-electron chi connectivity index (χ3n) is 5.74. The number of aliphatic hydroxyl groups is 1. The van der Waals surface area contributed by atoms with Gasteiger partial charge in [0.15, 0.2) is 0 Å². The summed E-state index contributed by atoms with van der Waals surface area (Å²) in [5.74, 6) is -1.81. The highest BCUT2D eigenvalue weighted by Crippen LogP contribution is 2.43. The molecule has 7 nitrogen and oxygen atoms in total. The van der Waals surface area contributed by atoms with Gasteiger partial charge in [-0.2, -0.15) is 0 Å². The Morgan fingerprint density at radius 1 is 1.00 bits per heavy atom. The zero-order chi connectivity index (χ0) is 25.1. The van der Waals surface area contributed by atoms with Crippen molar-refractivity contribution in [2.75, 3.05) is 19.1 Å². The van der Waals surface area contributed by atoms with Crippen molar-refractivity contribution in [2.24, 2.45) is 0 Å². The Morgan fingerprint density at radius 2 is 1.71 bits per heavy atom. The van der Waals surface area contributed by atoms with Crippen molar-refractivity contribution in [1.82, 2.24) is 0 Å². The zero-order valence-corrected chi connectivity index (χ0v) is 19.8. The van der Waals surface area contributed by atoms with Gasteiger partial charge in [-0.3, -0.25) is 19.3 Å². The maximum Gasteiger partial charge on any atom is 0.309 e. The number of hydrogen-bond donors (Lipinski definition) is 1. The van der Waals surface area contributed by atoms with E-state index in [0.29, 0.717) is 33.1 Å². The molecule has 1 aliphatic heterocycles. The molecule has 8 heteroatoms. The van der Waals surface area contributed by atoms with Gasteiger partial charge in [0.1, 0.15) is 11.5 Å². The van der Waals surface area contributed by atoms with Gasteiger partial charge in [-0.25, -0.2) is 0 Å². The zero-order valence-electron chi connectivity index (χ0n) is 19.0. The van der Waals surface area contributed by atoms with E-state index in [1.165, 1.54) is 25.2 Å². The lowest BCUT2D eigenvalue weighted by molar-refractivity contribution is -0.139. The van der Waals surface area contributed by atoms with Gasteiger partial charge in [-0.1, -0.05) is 48.0 Å². The molecule has 3 aromatic carbocycles. The topological polar surface area (TPSA) is 93.1 Å². The first-order chi connectivity index (χ1) is 16.8. The summed E-state index contributed by atoms with van der Waals surface area (Å²) >= 11 is 6.09. The molecule has 1 amide bonds. The van der Waals surface area contributed by atoms with E-state index >= 15 is 0 Å². The quantitative estimate of drug-likeness (QED) is 0.233. The molecule has 0 radical (unpaired) electrons. The minimum absolute atomic E-state index is 0.0656. The van der Waals surface area contributed by atoms with Gasteiger partial charge in [0.25, 0.3) is 11.7 Å². The van der Waals surface area contributed by atoms with E-state index in [1.54, 1.807) is 66.7 Å². The van der Waals surface area contributed by atoms with E-state index in [2.05, 4.69) is 0 Å². The summed E-state index contributed by atoms with van der Waals surface area (Å²) in [4.78, 5) is 39.4. The fourth-order valence-electron chi connectivity index (χ4n) is 4.03. The highest BCUT2D eigenvalue weighted by atomic mass is 35.5. The van der Waals surface area contributed by atoms with Gasteiger partial charge in [-0.05, 0) is 47.5 Å². The molecule has 1 saturated heterocycles. The highest BCUT2D eigenvalue weighted by molar-refractivity contribution is 6.51. The van der Waals surface area contributed by atoms with E-state index in [-0.39, 0.29) is 17.8 Å². The number of nitrogens with zero attached hydrogens (tertiary/aromatic N) is 1. The standard InChI is InChI=1S/C27H22ClNO6/c1-34-21-8-4-5-17(15-21)24-23(25(31)18-6-3-7-19(28)14-18)26(32)27(33)29(24)20-11-9-16(10-12-20)13-22(30)35-2/h3-12,14-15,24,31H,13H2,1-2H3/b25-23-. The van der Waals surface area contributed by atoms with Crippen LogP contribution in [0.3, 0.4) is 0 Å². The molecule has 3 aromatic rings. The second-order valence-corrected chi connectivity index (χ2v) is 8.31. The summed E-state index contributed by atoms with van der Waals surface area (Å²) < 4.78 is 10.0. The normalized spacial score (nSPS) is 16.9. The number of esters is 1. The second-order valence-electron chi connectivity index (χ2n) is 7.88. The summed E-state index contributed by atoms with van der Waals surface area (Å²) in [5.41, 5.74) is 1.94. The molecule has 178 valence electrons. The van der Waals surface area contributed by atoms with Gasteiger partial charge < -0.3 is 14.6 Å². The number of methoxy groups -OCH3 is 2. The summed E-state index contributed by atoms with van der Waals surface area (Å²) in [6.45, 7) is 0. The van der Waals surface area contributed by atoms with Gasteiger partial charge >= 0.3 is 5.97 Å². The molecule has 1 aliphatic rings. The Morgan fingerprint density at radius 3 is 2.37 bits per heavy atom. The van der Waals surface area contributed by atoms with Crippen LogP contribution in [-0.4, -0.2) is 37.0 Å². The minimum Gasteiger partial charge on any atom is -0.507 e. The fourth-order valence-corrected chi connectivity index (χ4v) is 4.22. The van der Waals surface area contributed by atoms with E-state index in [9.17, 15) is 19.5 Å². The number of amides is 1. The second kappa shape index (κ2) is 10.0. The summed E-state index contributed by atoms with van der Waals surface area (Å²) in [7, 11) is 2.83. The molecular formula is C27H22ClNO6. The average molecular weight is 492 g/mol. The Labute approximate surface area is 207 Å². The molecule has 4 rings (SSSR count). The van der Waals surface area contributed by atoms with Gasteiger partial charge in [-0.15, -0.1) is 0 Å². The van der Waals surface area contributed by atoms with Crippen LogP contribution >= 0.6 is 11.6 Å². The Hall–Kier alpha value is -4.10. The van der Waals surface area contributed by atoms with Crippen LogP contribution in [-0.2, 0) is 25.5 Å². The maximum absolute atomic E-state index is 13.3. The maximum atomic E-state index is 13.3. The van der Waals surface area contributed by atoms with Crippen LogP contribution in [0.15, 0.2) is 78.4 Å². The number of hydrogen-bond acceptors (Lipinski definition) is 6. The Balaban J connectivity index is 1.87. The monoisotopic (exact) mass is 491 g/mol. The largest absolute Gasteiger partial charge is 0.507 e. The van der Waals surface area contributed by atoms with Crippen molar-refractivity contribution >= 4 is 40.7 Å². The first-order valence-corrected chi connectivity index (χ1v) is 11.1. The summed E-state index contributed by atoms with van der Waals surface area (Å²) in [5, 5.41) is 11.5. The van der Waals surface area contributed by atoms with Crippen molar-refractivity contribution in [3.8, 4) is 5.75 Å². The SMILES string of the molecule is COC(=O)Cc1ccc(N2C(=O)C(=O)/C(=C(\O)c3cccc(Cl)c3)C2c2cccc(OC)c2)cc1. The van der Waals surface area contributed by atoms with Crippen LogP contribution < -0.4 is 9.64 Å². The lowest BCUT2D eigenvalue weighted by Gasteiger charge is -2.26. The lowest BCUT2D eigenvalue weighted by atomic mass is 9.95. The van der Waals surface area contributed by atoms with Crippen LogP contribution in [0, 0.1) is 0 Å². The third kappa shape index (κ3) is 4.76. The van der Waals surface area contributed by atoms with Crippen LogP contribution in [0.1, 0.15) is 22.7 Å². The smallest absolute Gasteiger partial charge is 0.309 e. The van der Waals surface area contributed by atoms with Crippen molar-refractivity contribution in [1.29, 1.82) is 0 Å². The number of carbonyl (C=O) groups excluding carboxylic acids is 3. The number of aliphatic hydroxyl groups excluding tert-OH is 1. The number of carbonyl (C=O) groups is 3. The number of ether oxygens (including phenoxy) is 2. The number of Topliss-reactive ketones (excluding diaryl/α,β-unsaturated/α-hetero) is 1. The van der Waals surface area contributed by atoms with Gasteiger partial charge in [0.05, 0.1) is 32.3 Å². The van der Waals surface area contributed by atoms with Gasteiger partial charge in [0.2, 0.25) is 0 Å². The summed E-state index contributed by atoms with van der Waals surface area (Å²) in [6, 6.07) is 19.1. The van der Waals surface area contributed by atoms with E-state index in [1.807, 2.05) is 0 Å². The van der Waals surface area contributed by atoms with E-state index < -0.39 is 23.7 Å². The fraction of sp³-hybridized carbons (Fsp3) is 0.148. The molecule has 1 unspecified atom stereocenters. The average Bonchev–Trinajstić information content (AvgIpc) is 3.14. The number of halogens is 1. The molecule has 1 atom stereocenters. The van der Waals surface area contributed by atoms with Gasteiger partial charge in [0, 0.05) is 16.3 Å². The Bertz CT molecular complexity index is 1330. The number of benzene rings is 3. The molecule has 0 bridgehead atoms. The van der Waals surface area contributed by atoms with E-state index in [0.717, 1.165) is 0 Å². The van der Waals surface area contributed by atoms with Crippen molar-refractivity contribution < 1.29 is 29.0 Å². The number of anilines is 1. The Kier molecular flexibility index (Phi) is 6.89. The van der Waals surface area contributed by atoms with Crippen LogP contribution in [0.25, 0.3) is 5.76 Å². The molecule has 1 heterocycles. The van der Waals surface area contributed by atoms with Crippen LogP contribution in [0.5, 0.6) is 5.75 Å². The lowest BCUT2D eigenvalue weighted by Crippen LogP contribution is -2.29. The molecule has 1 N–H and O–H groups in total. The molecule has 0 aromatic heterocycles. The molecule has 0 spiro atoms. The summed E-state index contributed by atoms with van der Waals surface area (Å²) in [6.07, 6.45) is 0.0731. The van der Waals surface area contributed by atoms with Crippen molar-refractivity contribution in [3.63, 3.8) is 0 Å². The molecule has 1 fully saturated rings. The molecular weight excluding hydrogens is 470 g/mol. The predicted molar refractivity (Wildman–Crippen MR) is 131 cm³/mol. The van der Waals surface area contributed by atoms with Crippen molar-refractivity contribution in [2.45, 2.75) is 12.5 Å². The first-order valence-electron chi connectivity index (χ1n) is 10.7. The molecule has 0 saturated carbocycles. The van der Waals surface area contributed by atoms with Crippen molar-refractivity contribution in [3.05, 3.63) is 100 Å². The minimum atomic E-state index is -0.921. The molecule has 35 heavy (non-hydrogen) atoms. The highest BCUT2D eigenvalue weighted by Gasteiger charge is 2.47. The number of rotatable bonds is 6. The first kappa shape index (κ1) is 24.0. The predicted octanol–water partition coefficient (Wildman–Crippen LogP) is 4.69. The van der Waals surface area contributed by atoms with Crippen LogP contribution in [0.4, 0.5) is 5.69 Å².